The molecule has 0 radical (unpaired) electrons. The van der Waals surface area contributed by atoms with Crippen molar-refractivity contribution in [2.75, 3.05) is 40.5 Å². The number of ether oxygens (including phenoxy) is 2. The number of rotatable bonds is 7. The maximum absolute atomic E-state index is 11.7. The van der Waals surface area contributed by atoms with Crippen LogP contribution in [0.4, 0.5) is 0 Å². The summed E-state index contributed by atoms with van der Waals surface area (Å²) in [6.07, 6.45) is 2.86. The van der Waals surface area contributed by atoms with E-state index in [0.29, 0.717) is 25.5 Å². The molecule has 0 spiro atoms. The number of methoxy groups -OCH3 is 2. The predicted molar refractivity (Wildman–Crippen MR) is 65.9 cm³/mol. The SMILES string of the molecule is COCC(CNC(=O)CC1CCCNC1)OC. The molecule has 1 saturated heterocycles. The molecule has 0 aromatic heterocycles. The van der Waals surface area contributed by atoms with Crippen molar-refractivity contribution in [3.63, 3.8) is 0 Å². The summed E-state index contributed by atoms with van der Waals surface area (Å²) in [6, 6.07) is 0. The van der Waals surface area contributed by atoms with E-state index >= 15 is 0 Å². The molecule has 0 bridgehead atoms. The first-order chi connectivity index (χ1) is 8.26. The van der Waals surface area contributed by atoms with Crippen molar-refractivity contribution in [3.8, 4) is 0 Å². The minimum atomic E-state index is -0.0616. The highest BCUT2D eigenvalue weighted by Gasteiger charge is 2.17. The molecule has 1 fully saturated rings. The van der Waals surface area contributed by atoms with E-state index < -0.39 is 0 Å². The second-order valence-electron chi connectivity index (χ2n) is 4.53. The molecule has 100 valence electrons. The summed E-state index contributed by atoms with van der Waals surface area (Å²) < 4.78 is 10.2. The van der Waals surface area contributed by atoms with Gasteiger partial charge >= 0.3 is 0 Å². The summed E-state index contributed by atoms with van der Waals surface area (Å²) in [5.74, 6) is 0.587. The fraction of sp³-hybridized carbons (Fsp3) is 0.917. The van der Waals surface area contributed by atoms with E-state index in [4.69, 9.17) is 9.47 Å². The molecule has 17 heavy (non-hydrogen) atoms. The summed E-state index contributed by atoms with van der Waals surface area (Å²) in [6.45, 7) is 3.06. The topological polar surface area (TPSA) is 59.6 Å². The van der Waals surface area contributed by atoms with Crippen molar-refractivity contribution in [3.05, 3.63) is 0 Å². The Morgan fingerprint density at radius 2 is 2.35 bits per heavy atom. The molecule has 1 heterocycles. The molecule has 5 nitrogen and oxygen atoms in total. The van der Waals surface area contributed by atoms with E-state index in [2.05, 4.69) is 10.6 Å². The van der Waals surface area contributed by atoms with Gasteiger partial charge in [-0.05, 0) is 31.8 Å². The van der Waals surface area contributed by atoms with Gasteiger partial charge in [0, 0.05) is 27.2 Å². The van der Waals surface area contributed by atoms with Gasteiger partial charge in [0.25, 0.3) is 0 Å². The van der Waals surface area contributed by atoms with Crippen LogP contribution in [0.5, 0.6) is 0 Å². The molecule has 1 rings (SSSR count). The number of nitrogens with one attached hydrogen (secondary N) is 2. The van der Waals surface area contributed by atoms with Crippen LogP contribution in [0.1, 0.15) is 19.3 Å². The number of carbonyl (C=O) groups excluding carboxylic acids is 1. The largest absolute Gasteiger partial charge is 0.382 e. The maximum Gasteiger partial charge on any atom is 0.220 e. The van der Waals surface area contributed by atoms with Crippen LogP contribution in [-0.2, 0) is 14.3 Å². The molecule has 2 atom stereocenters. The second-order valence-corrected chi connectivity index (χ2v) is 4.53. The zero-order chi connectivity index (χ0) is 12.5. The molecular weight excluding hydrogens is 220 g/mol. The number of carbonyl (C=O) groups is 1. The average molecular weight is 244 g/mol. The Bertz CT molecular complexity index is 218. The van der Waals surface area contributed by atoms with Crippen LogP contribution in [-0.4, -0.2) is 52.5 Å². The van der Waals surface area contributed by atoms with E-state index in [0.717, 1.165) is 19.5 Å². The molecule has 2 unspecified atom stereocenters. The van der Waals surface area contributed by atoms with E-state index in [-0.39, 0.29) is 12.0 Å². The van der Waals surface area contributed by atoms with Crippen molar-refractivity contribution >= 4 is 5.91 Å². The van der Waals surface area contributed by atoms with Crippen LogP contribution >= 0.6 is 0 Å². The standard InChI is InChI=1S/C12H24N2O3/c1-16-9-11(17-2)8-14-12(15)6-10-4-3-5-13-7-10/h10-11,13H,3-9H2,1-2H3,(H,14,15). The Labute approximate surface area is 103 Å². The van der Waals surface area contributed by atoms with Gasteiger partial charge < -0.3 is 20.1 Å². The lowest BCUT2D eigenvalue weighted by Crippen LogP contribution is -2.38. The first-order valence-electron chi connectivity index (χ1n) is 6.25. The molecule has 0 aromatic carbocycles. The van der Waals surface area contributed by atoms with Gasteiger partial charge in [0.15, 0.2) is 0 Å². The molecule has 1 aliphatic rings. The van der Waals surface area contributed by atoms with Gasteiger partial charge in [-0.1, -0.05) is 0 Å². The fourth-order valence-corrected chi connectivity index (χ4v) is 2.06. The third kappa shape index (κ3) is 6.00. The number of amides is 1. The monoisotopic (exact) mass is 244 g/mol. The highest BCUT2D eigenvalue weighted by Crippen LogP contribution is 2.13. The van der Waals surface area contributed by atoms with E-state index in [1.54, 1.807) is 14.2 Å². The molecule has 2 N–H and O–H groups in total. The van der Waals surface area contributed by atoms with Gasteiger partial charge in [0.1, 0.15) is 0 Å². The molecule has 0 aliphatic carbocycles. The Kier molecular flexibility index (Phi) is 7.16. The van der Waals surface area contributed by atoms with Gasteiger partial charge in [0.05, 0.1) is 12.7 Å². The summed E-state index contributed by atoms with van der Waals surface area (Å²) in [5.41, 5.74) is 0. The Morgan fingerprint density at radius 1 is 1.53 bits per heavy atom. The van der Waals surface area contributed by atoms with Crippen LogP contribution in [0, 0.1) is 5.92 Å². The number of hydrogen-bond acceptors (Lipinski definition) is 4. The van der Waals surface area contributed by atoms with Crippen LogP contribution in [0.2, 0.25) is 0 Å². The summed E-state index contributed by atoms with van der Waals surface area (Å²) in [5, 5.41) is 6.21. The molecule has 5 heteroatoms. The lowest BCUT2D eigenvalue weighted by Gasteiger charge is -2.22. The van der Waals surface area contributed by atoms with E-state index in [1.165, 1.54) is 6.42 Å². The molecule has 1 amide bonds. The van der Waals surface area contributed by atoms with Crippen molar-refractivity contribution in [2.24, 2.45) is 5.92 Å². The van der Waals surface area contributed by atoms with Crippen LogP contribution < -0.4 is 10.6 Å². The van der Waals surface area contributed by atoms with E-state index in [1.807, 2.05) is 0 Å². The Hall–Kier alpha value is -0.650. The molecule has 1 aliphatic heterocycles. The van der Waals surface area contributed by atoms with E-state index in [9.17, 15) is 4.79 Å². The normalized spacial score (nSPS) is 22.1. The third-order valence-corrected chi connectivity index (χ3v) is 3.09. The average Bonchev–Trinajstić information content (AvgIpc) is 2.35. The minimum absolute atomic E-state index is 0.0616. The Morgan fingerprint density at radius 3 is 2.94 bits per heavy atom. The van der Waals surface area contributed by atoms with Crippen molar-refractivity contribution < 1.29 is 14.3 Å². The molecule has 0 aromatic rings. The van der Waals surface area contributed by atoms with Gasteiger partial charge in [0.2, 0.25) is 5.91 Å². The van der Waals surface area contributed by atoms with Crippen molar-refractivity contribution in [1.29, 1.82) is 0 Å². The van der Waals surface area contributed by atoms with Gasteiger partial charge in [-0.2, -0.15) is 0 Å². The van der Waals surface area contributed by atoms with Crippen molar-refractivity contribution in [1.82, 2.24) is 10.6 Å². The summed E-state index contributed by atoms with van der Waals surface area (Å²) >= 11 is 0. The third-order valence-electron chi connectivity index (χ3n) is 3.09. The predicted octanol–water partition coefficient (Wildman–Crippen LogP) is 0.154. The number of piperidine rings is 1. The zero-order valence-corrected chi connectivity index (χ0v) is 10.8. The first kappa shape index (κ1) is 14.4. The van der Waals surface area contributed by atoms with Gasteiger partial charge in [-0.3, -0.25) is 4.79 Å². The molecular formula is C12H24N2O3. The minimum Gasteiger partial charge on any atom is -0.382 e. The second kappa shape index (κ2) is 8.44. The zero-order valence-electron chi connectivity index (χ0n) is 10.8. The maximum atomic E-state index is 11.7. The number of hydrogen-bond donors (Lipinski definition) is 2. The molecule has 0 saturated carbocycles. The van der Waals surface area contributed by atoms with Crippen LogP contribution in [0.15, 0.2) is 0 Å². The quantitative estimate of drug-likeness (QED) is 0.669. The highest BCUT2D eigenvalue weighted by atomic mass is 16.5. The Balaban J connectivity index is 2.14. The van der Waals surface area contributed by atoms with Crippen molar-refractivity contribution in [2.45, 2.75) is 25.4 Å². The van der Waals surface area contributed by atoms with Crippen LogP contribution in [0.25, 0.3) is 0 Å². The smallest absolute Gasteiger partial charge is 0.220 e. The summed E-state index contributed by atoms with van der Waals surface area (Å²) in [7, 11) is 3.25. The first-order valence-corrected chi connectivity index (χ1v) is 6.25. The lowest BCUT2D eigenvalue weighted by atomic mass is 9.96. The lowest BCUT2D eigenvalue weighted by molar-refractivity contribution is -0.122. The summed E-state index contributed by atoms with van der Waals surface area (Å²) in [4.78, 5) is 11.7. The van der Waals surface area contributed by atoms with Gasteiger partial charge in [-0.25, -0.2) is 0 Å². The highest BCUT2D eigenvalue weighted by molar-refractivity contribution is 5.76. The van der Waals surface area contributed by atoms with Crippen LogP contribution in [0.3, 0.4) is 0 Å². The van der Waals surface area contributed by atoms with Gasteiger partial charge in [-0.15, -0.1) is 0 Å². The fourth-order valence-electron chi connectivity index (χ4n) is 2.06.